The van der Waals surface area contributed by atoms with Gasteiger partial charge in [-0.1, -0.05) is 29.8 Å². The van der Waals surface area contributed by atoms with E-state index >= 15 is 0 Å². The third kappa shape index (κ3) is 6.13. The van der Waals surface area contributed by atoms with Crippen LogP contribution < -0.4 is 14.8 Å². The fourth-order valence-corrected chi connectivity index (χ4v) is 2.58. The number of halogens is 3. The molecule has 1 amide bonds. The molecular formula is C20H20ClF2NO4. The number of amides is 1. The second-order valence-corrected chi connectivity index (χ2v) is 6.07. The molecule has 0 saturated heterocycles. The van der Waals surface area contributed by atoms with Gasteiger partial charge in [0.25, 0.3) is 5.91 Å². The highest BCUT2D eigenvalue weighted by Crippen LogP contribution is 2.27. The van der Waals surface area contributed by atoms with Crippen LogP contribution in [0.4, 0.5) is 8.78 Å². The summed E-state index contributed by atoms with van der Waals surface area (Å²) in [5.74, 6) is 0.647. The number of rotatable bonds is 9. The lowest BCUT2D eigenvalue weighted by atomic mass is 10.1. The van der Waals surface area contributed by atoms with E-state index in [1.807, 2.05) is 6.07 Å². The minimum atomic E-state index is -3.03. The van der Waals surface area contributed by atoms with Gasteiger partial charge in [0.15, 0.2) is 11.5 Å². The monoisotopic (exact) mass is 411 g/mol. The molecule has 0 heterocycles. The molecule has 0 aromatic heterocycles. The Morgan fingerprint density at radius 2 is 1.79 bits per heavy atom. The maximum absolute atomic E-state index is 12.5. The number of methoxy groups -OCH3 is 2. The zero-order valence-corrected chi connectivity index (χ0v) is 16.1. The highest BCUT2D eigenvalue weighted by molar-refractivity contribution is 6.30. The Labute approximate surface area is 166 Å². The summed E-state index contributed by atoms with van der Waals surface area (Å²) in [5.41, 5.74) is 1.30. The minimum absolute atomic E-state index is 0.0238. The Kier molecular flexibility index (Phi) is 8.07. The van der Waals surface area contributed by atoms with Crippen LogP contribution in [-0.2, 0) is 16.0 Å². The van der Waals surface area contributed by atoms with Crippen LogP contribution in [-0.4, -0.2) is 33.3 Å². The molecule has 0 aliphatic rings. The number of nitrogens with one attached hydrogen (secondary N) is 1. The molecule has 0 radical (unpaired) electrons. The number of benzene rings is 2. The molecule has 5 nitrogen and oxygen atoms in total. The van der Waals surface area contributed by atoms with Gasteiger partial charge in [-0.05, 0) is 41.8 Å². The van der Waals surface area contributed by atoms with Crippen LogP contribution in [0.15, 0.2) is 48.7 Å². The Morgan fingerprint density at radius 3 is 2.39 bits per heavy atom. The Balaban J connectivity index is 2.05. The molecule has 0 aliphatic carbocycles. The van der Waals surface area contributed by atoms with Gasteiger partial charge in [0, 0.05) is 11.6 Å². The van der Waals surface area contributed by atoms with E-state index in [0.29, 0.717) is 28.5 Å². The minimum Gasteiger partial charge on any atom is -0.493 e. The number of alkyl halides is 2. The Hall–Kier alpha value is -2.80. The fraction of sp³-hybridized carbons (Fsp3) is 0.250. The highest BCUT2D eigenvalue weighted by Gasteiger charge is 2.14. The van der Waals surface area contributed by atoms with E-state index in [2.05, 4.69) is 10.1 Å². The van der Waals surface area contributed by atoms with Gasteiger partial charge < -0.3 is 19.5 Å². The van der Waals surface area contributed by atoms with Crippen LogP contribution in [0.5, 0.6) is 11.5 Å². The number of hydrogen-bond acceptors (Lipinski definition) is 4. The van der Waals surface area contributed by atoms with Gasteiger partial charge in [-0.3, -0.25) is 4.79 Å². The molecule has 2 rings (SSSR count). The molecular weight excluding hydrogens is 392 g/mol. The van der Waals surface area contributed by atoms with Crippen molar-refractivity contribution in [1.29, 1.82) is 0 Å². The molecule has 150 valence electrons. The molecule has 0 saturated carbocycles. The van der Waals surface area contributed by atoms with Gasteiger partial charge >= 0.3 is 6.61 Å². The van der Waals surface area contributed by atoms with Gasteiger partial charge in [-0.2, -0.15) is 8.78 Å². The molecule has 2 aromatic rings. The van der Waals surface area contributed by atoms with Crippen molar-refractivity contribution < 1.29 is 27.8 Å². The molecule has 2 aromatic carbocycles. The number of hydrogen-bond donors (Lipinski definition) is 1. The van der Waals surface area contributed by atoms with Crippen molar-refractivity contribution in [2.75, 3.05) is 20.8 Å². The summed E-state index contributed by atoms with van der Waals surface area (Å²) in [6.07, 6.45) is 1.26. The molecule has 8 heteroatoms. The van der Waals surface area contributed by atoms with Gasteiger partial charge in [-0.25, -0.2) is 0 Å². The normalized spacial score (nSPS) is 11.3. The predicted octanol–water partition coefficient (Wildman–Crippen LogP) is 4.30. The van der Waals surface area contributed by atoms with E-state index in [-0.39, 0.29) is 12.1 Å². The molecule has 0 bridgehead atoms. The first kappa shape index (κ1) is 21.5. The van der Waals surface area contributed by atoms with Crippen molar-refractivity contribution in [3.63, 3.8) is 0 Å². The van der Waals surface area contributed by atoms with E-state index < -0.39 is 12.5 Å². The second-order valence-electron chi connectivity index (χ2n) is 5.63. The standard InChI is InChI=1S/C20H20ClF2NO4/c1-26-17-8-3-13(11-18(17)27-2)9-10-24-19(25)16(12-28-20(22)23)14-4-6-15(21)7-5-14/h3-8,11-12,20H,9-10H2,1-2H3,(H,24,25)/b16-12-. The average Bonchev–Trinajstić information content (AvgIpc) is 2.69. The number of carbonyl (C=O) groups excluding carboxylic acids is 1. The van der Waals surface area contributed by atoms with Crippen LogP contribution in [0.2, 0.25) is 5.02 Å². The highest BCUT2D eigenvalue weighted by atomic mass is 35.5. The summed E-state index contributed by atoms with van der Waals surface area (Å²) in [5, 5.41) is 3.16. The van der Waals surface area contributed by atoms with Crippen molar-refractivity contribution in [2.45, 2.75) is 13.0 Å². The predicted molar refractivity (Wildman–Crippen MR) is 103 cm³/mol. The van der Waals surface area contributed by atoms with Crippen molar-refractivity contribution in [1.82, 2.24) is 5.32 Å². The summed E-state index contributed by atoms with van der Waals surface area (Å²) in [4.78, 5) is 12.5. The summed E-state index contributed by atoms with van der Waals surface area (Å²) < 4.78 is 39.4. The van der Waals surface area contributed by atoms with E-state index in [0.717, 1.165) is 11.8 Å². The van der Waals surface area contributed by atoms with E-state index in [1.54, 1.807) is 43.5 Å². The summed E-state index contributed by atoms with van der Waals surface area (Å²) in [6, 6.07) is 11.7. The molecule has 0 fully saturated rings. The lowest BCUT2D eigenvalue weighted by Gasteiger charge is -2.12. The molecule has 0 unspecified atom stereocenters. The van der Waals surface area contributed by atoms with Gasteiger partial charge in [-0.15, -0.1) is 0 Å². The van der Waals surface area contributed by atoms with Gasteiger partial charge in [0.2, 0.25) is 0 Å². The number of carbonyl (C=O) groups is 1. The van der Waals surface area contributed by atoms with E-state index in [4.69, 9.17) is 21.1 Å². The van der Waals surface area contributed by atoms with Crippen molar-refractivity contribution >= 4 is 23.1 Å². The molecule has 0 atom stereocenters. The Morgan fingerprint density at radius 1 is 1.11 bits per heavy atom. The van der Waals surface area contributed by atoms with Gasteiger partial charge in [0.1, 0.15) is 6.26 Å². The van der Waals surface area contributed by atoms with Crippen molar-refractivity contribution in [3.8, 4) is 11.5 Å². The molecule has 1 N–H and O–H groups in total. The quantitative estimate of drug-likeness (QED) is 0.494. The molecule has 0 spiro atoms. The summed E-state index contributed by atoms with van der Waals surface area (Å²) >= 11 is 5.83. The first-order valence-electron chi connectivity index (χ1n) is 8.33. The summed E-state index contributed by atoms with van der Waals surface area (Å²) in [6.45, 7) is -2.74. The van der Waals surface area contributed by atoms with Crippen LogP contribution in [0.25, 0.3) is 5.57 Å². The third-order valence-corrected chi connectivity index (χ3v) is 4.09. The fourth-order valence-electron chi connectivity index (χ4n) is 2.45. The first-order valence-corrected chi connectivity index (χ1v) is 8.71. The zero-order valence-electron chi connectivity index (χ0n) is 15.4. The van der Waals surface area contributed by atoms with Crippen LogP contribution >= 0.6 is 11.6 Å². The largest absolute Gasteiger partial charge is 0.493 e. The average molecular weight is 412 g/mol. The third-order valence-electron chi connectivity index (χ3n) is 3.84. The Bertz CT molecular complexity index is 825. The zero-order chi connectivity index (χ0) is 20.5. The lowest BCUT2D eigenvalue weighted by molar-refractivity contribution is -0.116. The maximum Gasteiger partial charge on any atom is 0.386 e. The van der Waals surface area contributed by atoms with Crippen molar-refractivity contribution in [3.05, 3.63) is 64.9 Å². The topological polar surface area (TPSA) is 56.8 Å². The second kappa shape index (κ2) is 10.5. The number of ether oxygens (including phenoxy) is 3. The molecule has 0 aliphatic heterocycles. The SMILES string of the molecule is COc1ccc(CCNC(=O)/C(=C\OC(F)F)c2ccc(Cl)cc2)cc1OC. The summed E-state index contributed by atoms with van der Waals surface area (Å²) in [7, 11) is 3.08. The first-order chi connectivity index (χ1) is 13.4. The maximum atomic E-state index is 12.5. The van der Waals surface area contributed by atoms with E-state index in [9.17, 15) is 13.6 Å². The van der Waals surface area contributed by atoms with Crippen LogP contribution in [0, 0.1) is 0 Å². The van der Waals surface area contributed by atoms with Crippen LogP contribution in [0.3, 0.4) is 0 Å². The van der Waals surface area contributed by atoms with Gasteiger partial charge in [0.05, 0.1) is 19.8 Å². The van der Waals surface area contributed by atoms with Crippen LogP contribution in [0.1, 0.15) is 11.1 Å². The molecule has 28 heavy (non-hydrogen) atoms. The van der Waals surface area contributed by atoms with E-state index in [1.165, 1.54) is 7.11 Å². The smallest absolute Gasteiger partial charge is 0.386 e. The van der Waals surface area contributed by atoms with Crippen molar-refractivity contribution in [2.24, 2.45) is 0 Å². The lowest BCUT2D eigenvalue weighted by Crippen LogP contribution is -2.26.